The number of rotatable bonds is 7. The van der Waals surface area contributed by atoms with Crippen molar-refractivity contribution in [3.05, 3.63) is 66.3 Å². The minimum Gasteiger partial charge on any atom is -0.496 e. The Balaban J connectivity index is 1.43. The number of hydrogen-bond donors (Lipinski definition) is 3. The Hall–Kier alpha value is -4.80. The van der Waals surface area contributed by atoms with Crippen LogP contribution in [0.15, 0.2) is 55.1 Å². The molecule has 0 unspecified atom stereocenters. The fourth-order valence-corrected chi connectivity index (χ4v) is 5.56. The molecule has 3 fully saturated rings. The van der Waals surface area contributed by atoms with Gasteiger partial charge in [0.05, 0.1) is 7.11 Å². The molecule has 10 nitrogen and oxygen atoms in total. The fourth-order valence-electron chi connectivity index (χ4n) is 5.56. The summed E-state index contributed by atoms with van der Waals surface area (Å²) in [6, 6.07) is 10.4. The number of aromatic nitrogens is 4. The number of methoxy groups -OCH3 is 1. The van der Waals surface area contributed by atoms with Gasteiger partial charge < -0.3 is 21.1 Å². The molecule has 0 spiro atoms. The molecule has 2 aromatic carbocycles. The average molecular weight is 528 g/mol. The Morgan fingerprint density at radius 3 is 2.62 bits per heavy atom. The number of nitrogen functional groups attached to an aromatic ring is 1. The van der Waals surface area contributed by atoms with Gasteiger partial charge in [0.15, 0.2) is 11.6 Å². The zero-order valence-corrected chi connectivity index (χ0v) is 21.4. The van der Waals surface area contributed by atoms with Crippen LogP contribution >= 0.6 is 0 Å². The van der Waals surface area contributed by atoms with E-state index >= 15 is 0 Å². The molecule has 2 amide bonds. The number of ether oxygens (including phenoxy) is 1. The number of nitrogens with zero attached hydrogens (tertiary/aromatic N) is 4. The van der Waals surface area contributed by atoms with Crippen molar-refractivity contribution in [2.45, 2.75) is 31.7 Å². The highest BCUT2D eigenvalue weighted by atomic mass is 19.1. The standard InChI is InChI=1S/C28H26FN7O3/c1-14-8-17(4-6-19(14)27(38)34-28-10-16(11-28)12-28)22-23(35-36-24(22)25(30)31-13-32-36)20-7-5-18(9-21(20)39-3)33-26(37)15(2)29/h4-9,13,16H,2,10-12H2,1,3H3,(H,33,37)(H,34,38)(H2,30,31,32). The van der Waals surface area contributed by atoms with E-state index in [1.165, 1.54) is 18.1 Å². The first-order valence-corrected chi connectivity index (χ1v) is 12.5. The number of amides is 2. The van der Waals surface area contributed by atoms with Crippen LogP contribution in [-0.2, 0) is 4.79 Å². The zero-order valence-electron chi connectivity index (χ0n) is 21.4. The molecule has 2 bridgehead atoms. The van der Waals surface area contributed by atoms with E-state index in [9.17, 15) is 14.0 Å². The fraction of sp³-hybridized carbons (Fsp3) is 0.250. The van der Waals surface area contributed by atoms with E-state index in [-0.39, 0.29) is 17.3 Å². The van der Waals surface area contributed by atoms with Crippen LogP contribution < -0.4 is 21.1 Å². The Bertz CT molecular complexity index is 1680. The summed E-state index contributed by atoms with van der Waals surface area (Å²) < 4.78 is 20.2. The lowest BCUT2D eigenvalue weighted by Gasteiger charge is -2.61. The summed E-state index contributed by atoms with van der Waals surface area (Å²) in [7, 11) is 1.48. The Morgan fingerprint density at radius 2 is 1.97 bits per heavy atom. The van der Waals surface area contributed by atoms with E-state index in [4.69, 9.17) is 10.5 Å². The molecule has 11 heteroatoms. The summed E-state index contributed by atoms with van der Waals surface area (Å²) in [5.74, 6) is -0.761. The number of hydrogen-bond acceptors (Lipinski definition) is 7. The van der Waals surface area contributed by atoms with Crippen LogP contribution in [0.5, 0.6) is 5.75 Å². The first kappa shape index (κ1) is 24.5. The molecule has 3 saturated carbocycles. The molecule has 2 heterocycles. The Morgan fingerprint density at radius 1 is 1.21 bits per heavy atom. The van der Waals surface area contributed by atoms with Crippen molar-refractivity contribution >= 4 is 28.8 Å². The molecular formula is C28H26FN7O3. The van der Waals surface area contributed by atoms with Crippen molar-refractivity contribution in [1.82, 2.24) is 25.1 Å². The van der Waals surface area contributed by atoms with E-state index < -0.39 is 11.7 Å². The first-order valence-electron chi connectivity index (χ1n) is 12.5. The largest absolute Gasteiger partial charge is 0.496 e. The number of anilines is 2. The number of halogens is 1. The predicted molar refractivity (Wildman–Crippen MR) is 144 cm³/mol. The van der Waals surface area contributed by atoms with Crippen molar-refractivity contribution in [3.8, 4) is 28.1 Å². The number of aryl methyl sites for hydroxylation is 1. The van der Waals surface area contributed by atoms with Crippen molar-refractivity contribution in [1.29, 1.82) is 0 Å². The summed E-state index contributed by atoms with van der Waals surface area (Å²) in [4.78, 5) is 29.0. The molecule has 0 radical (unpaired) electrons. The third-order valence-corrected chi connectivity index (χ3v) is 7.61. The van der Waals surface area contributed by atoms with Crippen LogP contribution in [0, 0.1) is 12.8 Å². The van der Waals surface area contributed by atoms with Gasteiger partial charge in [-0.2, -0.15) is 0 Å². The Kier molecular flexibility index (Phi) is 5.60. The van der Waals surface area contributed by atoms with E-state index in [2.05, 4.69) is 32.4 Å². The lowest BCUT2D eigenvalue weighted by atomic mass is 9.50. The zero-order chi connectivity index (χ0) is 27.5. The van der Waals surface area contributed by atoms with Gasteiger partial charge in [-0.05, 0) is 61.4 Å². The second-order valence-electron chi connectivity index (χ2n) is 10.2. The number of nitrogens with one attached hydrogen (secondary N) is 2. The molecular weight excluding hydrogens is 501 g/mol. The molecule has 39 heavy (non-hydrogen) atoms. The third-order valence-electron chi connectivity index (χ3n) is 7.61. The molecule has 4 N–H and O–H groups in total. The lowest BCUT2D eigenvalue weighted by molar-refractivity contribution is -0.114. The normalized spacial score (nSPS) is 19.1. The molecule has 4 aromatic rings. The van der Waals surface area contributed by atoms with E-state index in [1.54, 1.807) is 24.3 Å². The van der Waals surface area contributed by atoms with Gasteiger partial charge in [-0.1, -0.05) is 18.7 Å². The molecule has 3 aliphatic carbocycles. The van der Waals surface area contributed by atoms with Crippen molar-refractivity contribution in [2.75, 3.05) is 18.2 Å². The average Bonchev–Trinajstić information content (AvgIpc) is 3.25. The highest BCUT2D eigenvalue weighted by Gasteiger charge is 2.57. The van der Waals surface area contributed by atoms with Crippen LogP contribution in [0.2, 0.25) is 0 Å². The highest BCUT2D eigenvalue weighted by molar-refractivity contribution is 6.03. The molecule has 198 valence electrons. The van der Waals surface area contributed by atoms with Gasteiger partial charge in [0, 0.05) is 34.0 Å². The van der Waals surface area contributed by atoms with Crippen molar-refractivity contribution in [3.63, 3.8) is 0 Å². The SMILES string of the molecule is C=C(F)C(=O)Nc1ccc(-c2nn3ncnc(N)c3c2-c2ccc(C(=O)NC34CC(C3)C4)c(C)c2)c(OC)c1. The van der Waals surface area contributed by atoms with Crippen molar-refractivity contribution in [2.24, 2.45) is 5.92 Å². The molecule has 3 aliphatic rings. The number of carbonyl (C=O) groups is 2. The number of carbonyl (C=O) groups excluding carboxylic acids is 2. The smallest absolute Gasteiger partial charge is 0.283 e. The maximum atomic E-state index is 13.2. The first-order chi connectivity index (χ1) is 18.7. The molecule has 0 atom stereocenters. The predicted octanol–water partition coefficient (Wildman–Crippen LogP) is 4.06. The quantitative estimate of drug-likeness (QED) is 0.308. The van der Waals surface area contributed by atoms with Gasteiger partial charge in [-0.3, -0.25) is 9.59 Å². The highest BCUT2D eigenvalue weighted by Crippen LogP contribution is 2.57. The molecule has 0 saturated heterocycles. The van der Waals surface area contributed by atoms with Gasteiger partial charge in [0.25, 0.3) is 11.8 Å². The van der Waals surface area contributed by atoms with Gasteiger partial charge in [-0.25, -0.2) is 9.37 Å². The van der Waals surface area contributed by atoms with Crippen LogP contribution in [0.1, 0.15) is 35.2 Å². The lowest BCUT2D eigenvalue weighted by Crippen LogP contribution is -2.68. The minimum absolute atomic E-state index is 0.0200. The van der Waals surface area contributed by atoms with Gasteiger partial charge in [0.2, 0.25) is 0 Å². The molecule has 2 aromatic heterocycles. The summed E-state index contributed by atoms with van der Waals surface area (Å²) in [6.07, 6.45) is 4.50. The number of nitrogens with two attached hydrogens (primary N) is 1. The summed E-state index contributed by atoms with van der Waals surface area (Å²) >= 11 is 0. The molecule has 0 aliphatic heterocycles. The van der Waals surface area contributed by atoms with Crippen LogP contribution in [0.3, 0.4) is 0 Å². The summed E-state index contributed by atoms with van der Waals surface area (Å²) in [6.45, 7) is 4.91. The van der Waals surface area contributed by atoms with E-state index in [0.717, 1.165) is 36.3 Å². The Labute approximate surface area is 223 Å². The van der Waals surface area contributed by atoms with Crippen LogP contribution in [-0.4, -0.2) is 44.3 Å². The van der Waals surface area contributed by atoms with Crippen molar-refractivity contribution < 1.29 is 18.7 Å². The minimum atomic E-state index is -1.11. The second-order valence-corrected chi connectivity index (χ2v) is 10.2. The molecule has 7 rings (SSSR count). The topological polar surface area (TPSA) is 137 Å². The van der Waals surface area contributed by atoms with Gasteiger partial charge in [-0.15, -0.1) is 14.8 Å². The van der Waals surface area contributed by atoms with Gasteiger partial charge >= 0.3 is 0 Å². The third kappa shape index (κ3) is 4.06. The van der Waals surface area contributed by atoms with E-state index in [1.807, 2.05) is 19.1 Å². The maximum Gasteiger partial charge on any atom is 0.283 e. The second kappa shape index (κ2) is 8.90. The van der Waals surface area contributed by atoms with Crippen LogP contribution in [0.25, 0.3) is 27.9 Å². The maximum absolute atomic E-state index is 13.2. The van der Waals surface area contributed by atoms with E-state index in [0.29, 0.717) is 39.3 Å². The summed E-state index contributed by atoms with van der Waals surface area (Å²) in [5.41, 5.74) is 11.0. The van der Waals surface area contributed by atoms with Crippen LogP contribution in [0.4, 0.5) is 15.9 Å². The monoisotopic (exact) mass is 527 g/mol. The van der Waals surface area contributed by atoms with Gasteiger partial charge in [0.1, 0.15) is 23.3 Å². The number of fused-ring (bicyclic) bond motifs is 1. The number of benzene rings is 2. The summed E-state index contributed by atoms with van der Waals surface area (Å²) in [5, 5.41) is 14.6.